The highest BCUT2D eigenvalue weighted by atomic mass is 32.1. The van der Waals surface area contributed by atoms with Gasteiger partial charge in [0.25, 0.3) is 0 Å². The van der Waals surface area contributed by atoms with Crippen LogP contribution in [0.2, 0.25) is 0 Å². The molecule has 1 saturated heterocycles. The zero-order chi connectivity index (χ0) is 18.6. The van der Waals surface area contributed by atoms with Crippen LogP contribution < -0.4 is 5.32 Å². The molecule has 0 radical (unpaired) electrons. The van der Waals surface area contributed by atoms with Gasteiger partial charge in [0.05, 0.1) is 11.1 Å². The minimum Gasteiger partial charge on any atom is -0.385 e. The largest absolute Gasteiger partial charge is 0.385 e. The van der Waals surface area contributed by atoms with Crippen molar-refractivity contribution in [2.75, 3.05) is 47.0 Å². The van der Waals surface area contributed by atoms with Gasteiger partial charge in [0.1, 0.15) is 0 Å². The number of aliphatic imine (C=N–C) groups is 1. The number of ether oxygens (including phenoxy) is 2. The number of thiazole rings is 1. The Balaban J connectivity index is 1.57. The molecule has 0 aliphatic carbocycles. The quantitative estimate of drug-likeness (QED) is 0.383. The van der Waals surface area contributed by atoms with Gasteiger partial charge in [-0.05, 0) is 45.4 Å². The van der Waals surface area contributed by atoms with Crippen molar-refractivity contribution in [3.63, 3.8) is 0 Å². The van der Waals surface area contributed by atoms with E-state index in [1.54, 1.807) is 18.4 Å². The first-order chi connectivity index (χ1) is 12.7. The molecule has 2 heterocycles. The van der Waals surface area contributed by atoms with E-state index in [0.717, 1.165) is 83.0 Å². The zero-order valence-electron chi connectivity index (χ0n) is 16.5. The minimum absolute atomic E-state index is 0.378. The first kappa shape index (κ1) is 21.1. The summed E-state index contributed by atoms with van der Waals surface area (Å²) in [6.07, 6.45) is 6.85. The van der Waals surface area contributed by atoms with E-state index in [1.807, 2.05) is 7.05 Å². The van der Waals surface area contributed by atoms with Crippen LogP contribution in [0.4, 0.5) is 0 Å². The van der Waals surface area contributed by atoms with E-state index in [-0.39, 0.29) is 0 Å². The monoisotopic (exact) mass is 382 g/mol. The summed E-state index contributed by atoms with van der Waals surface area (Å²) in [6.45, 7) is 6.60. The van der Waals surface area contributed by atoms with Crippen LogP contribution in [0, 0.1) is 6.92 Å². The molecule has 0 bridgehead atoms. The molecule has 1 aromatic heterocycles. The summed E-state index contributed by atoms with van der Waals surface area (Å²) in [6, 6.07) is 0. The Morgan fingerprint density at radius 2 is 2.12 bits per heavy atom. The highest BCUT2D eigenvalue weighted by Crippen LogP contribution is 2.14. The highest BCUT2D eigenvalue weighted by molar-refractivity contribution is 7.09. The second kappa shape index (κ2) is 12.3. The highest BCUT2D eigenvalue weighted by Gasteiger charge is 2.21. The van der Waals surface area contributed by atoms with Crippen molar-refractivity contribution in [1.82, 2.24) is 15.2 Å². The molecule has 6 nitrogen and oxygen atoms in total. The maximum absolute atomic E-state index is 5.93. The Labute approximate surface area is 162 Å². The second-order valence-corrected chi connectivity index (χ2v) is 7.66. The Morgan fingerprint density at radius 1 is 1.31 bits per heavy atom. The van der Waals surface area contributed by atoms with Crippen LogP contribution >= 0.6 is 11.3 Å². The first-order valence-corrected chi connectivity index (χ1v) is 10.6. The van der Waals surface area contributed by atoms with Gasteiger partial charge in [0.2, 0.25) is 0 Å². The number of unbranched alkanes of at least 4 members (excludes halogenated alkanes) is 1. The number of rotatable bonds is 10. The predicted molar refractivity (Wildman–Crippen MR) is 108 cm³/mol. The molecular formula is C19H34N4O2S. The second-order valence-electron chi connectivity index (χ2n) is 6.72. The Bertz CT molecular complexity index is 527. The fourth-order valence-electron chi connectivity index (χ4n) is 3.14. The van der Waals surface area contributed by atoms with Gasteiger partial charge in [-0.2, -0.15) is 0 Å². The number of guanidine groups is 1. The Morgan fingerprint density at radius 3 is 2.77 bits per heavy atom. The van der Waals surface area contributed by atoms with Gasteiger partial charge in [-0.3, -0.25) is 4.99 Å². The van der Waals surface area contributed by atoms with Crippen LogP contribution in [0.25, 0.3) is 0 Å². The zero-order valence-corrected chi connectivity index (χ0v) is 17.3. The molecule has 2 rings (SSSR count). The number of hydrogen-bond acceptors (Lipinski definition) is 5. The van der Waals surface area contributed by atoms with E-state index in [2.05, 4.69) is 32.5 Å². The van der Waals surface area contributed by atoms with E-state index >= 15 is 0 Å². The lowest BCUT2D eigenvalue weighted by atomic mass is 10.1. The van der Waals surface area contributed by atoms with Crippen LogP contribution in [0.5, 0.6) is 0 Å². The summed E-state index contributed by atoms with van der Waals surface area (Å²) >= 11 is 1.77. The molecule has 1 aliphatic heterocycles. The van der Waals surface area contributed by atoms with E-state index in [1.165, 1.54) is 5.01 Å². The maximum atomic E-state index is 5.93. The standard InChI is InChI=1S/C19H34N4O2S/c1-16-15-26-18(22-16)7-4-5-10-21-19(20-2)23-11-8-17(9-12-23)25-14-6-13-24-3/h15,17H,4-14H2,1-3H3,(H,20,21). The lowest BCUT2D eigenvalue weighted by Crippen LogP contribution is -2.47. The van der Waals surface area contributed by atoms with Gasteiger partial charge in [0.15, 0.2) is 5.96 Å². The number of aryl methyl sites for hydroxylation is 2. The summed E-state index contributed by atoms with van der Waals surface area (Å²) in [7, 11) is 3.60. The average Bonchev–Trinajstić information content (AvgIpc) is 3.08. The third kappa shape index (κ3) is 7.60. The van der Waals surface area contributed by atoms with E-state index < -0.39 is 0 Å². The normalized spacial score (nSPS) is 16.3. The molecule has 0 aromatic carbocycles. The SMILES string of the molecule is CN=C(NCCCCc1nc(C)cs1)N1CCC(OCCCOC)CC1. The summed E-state index contributed by atoms with van der Waals surface area (Å²) in [5.74, 6) is 1.02. The maximum Gasteiger partial charge on any atom is 0.193 e. The topological polar surface area (TPSA) is 59.0 Å². The number of piperidine rings is 1. The van der Waals surface area contributed by atoms with Crippen LogP contribution in [0.15, 0.2) is 10.4 Å². The molecule has 0 saturated carbocycles. The molecule has 0 atom stereocenters. The Kier molecular flexibility index (Phi) is 9.95. The van der Waals surface area contributed by atoms with Crippen molar-refractivity contribution in [3.05, 3.63) is 16.1 Å². The first-order valence-electron chi connectivity index (χ1n) is 9.70. The number of likely N-dealkylation sites (tertiary alicyclic amines) is 1. The number of methoxy groups -OCH3 is 1. The van der Waals surface area contributed by atoms with Gasteiger partial charge in [-0.15, -0.1) is 11.3 Å². The van der Waals surface area contributed by atoms with Crippen molar-refractivity contribution in [2.24, 2.45) is 4.99 Å². The smallest absolute Gasteiger partial charge is 0.193 e. The summed E-state index contributed by atoms with van der Waals surface area (Å²) in [4.78, 5) is 11.3. The van der Waals surface area contributed by atoms with Crippen LogP contribution in [-0.2, 0) is 15.9 Å². The Hall–Kier alpha value is -1.18. The van der Waals surface area contributed by atoms with Gasteiger partial charge in [-0.1, -0.05) is 0 Å². The van der Waals surface area contributed by atoms with Crippen molar-refractivity contribution in [1.29, 1.82) is 0 Å². The molecule has 26 heavy (non-hydrogen) atoms. The fourth-order valence-corrected chi connectivity index (χ4v) is 3.96. The molecule has 7 heteroatoms. The molecule has 0 amide bonds. The van der Waals surface area contributed by atoms with Gasteiger partial charge >= 0.3 is 0 Å². The average molecular weight is 383 g/mol. The van der Waals surface area contributed by atoms with E-state index in [9.17, 15) is 0 Å². The third-order valence-corrected chi connectivity index (χ3v) is 5.59. The van der Waals surface area contributed by atoms with Gasteiger partial charge in [-0.25, -0.2) is 4.98 Å². The van der Waals surface area contributed by atoms with Crippen molar-refractivity contribution in [3.8, 4) is 0 Å². The number of aromatic nitrogens is 1. The summed E-state index contributed by atoms with van der Waals surface area (Å²) in [5, 5.41) is 6.88. The van der Waals surface area contributed by atoms with Crippen molar-refractivity contribution < 1.29 is 9.47 Å². The summed E-state index contributed by atoms with van der Waals surface area (Å²) < 4.78 is 11.0. The van der Waals surface area contributed by atoms with Crippen LogP contribution in [0.3, 0.4) is 0 Å². The third-order valence-electron chi connectivity index (χ3n) is 4.57. The van der Waals surface area contributed by atoms with E-state index in [4.69, 9.17) is 9.47 Å². The molecule has 1 fully saturated rings. The molecule has 1 N–H and O–H groups in total. The minimum atomic E-state index is 0.378. The fraction of sp³-hybridized carbons (Fsp3) is 0.789. The molecule has 1 aromatic rings. The van der Waals surface area contributed by atoms with Crippen LogP contribution in [0.1, 0.15) is 42.8 Å². The predicted octanol–water partition coefficient (Wildman–Crippen LogP) is 2.87. The van der Waals surface area contributed by atoms with Gasteiger partial charge < -0.3 is 19.7 Å². The molecular weight excluding hydrogens is 348 g/mol. The molecule has 0 spiro atoms. The van der Waals surface area contributed by atoms with Crippen LogP contribution in [-0.4, -0.2) is 69.0 Å². The van der Waals surface area contributed by atoms with Crippen molar-refractivity contribution in [2.45, 2.75) is 51.6 Å². The number of nitrogens with zero attached hydrogens (tertiary/aromatic N) is 3. The number of hydrogen-bond donors (Lipinski definition) is 1. The molecule has 0 unspecified atom stereocenters. The molecule has 148 valence electrons. The lowest BCUT2D eigenvalue weighted by Gasteiger charge is -2.34. The molecule has 1 aliphatic rings. The summed E-state index contributed by atoms with van der Waals surface area (Å²) in [5.41, 5.74) is 1.13. The van der Waals surface area contributed by atoms with E-state index in [0.29, 0.717) is 6.10 Å². The lowest BCUT2D eigenvalue weighted by molar-refractivity contribution is 0.00991. The van der Waals surface area contributed by atoms with Crippen molar-refractivity contribution >= 4 is 17.3 Å². The van der Waals surface area contributed by atoms with Gasteiger partial charge in [0, 0.05) is 58.1 Å². The number of nitrogens with one attached hydrogen (secondary N) is 1.